The Bertz CT molecular complexity index is 310. The highest BCUT2D eigenvalue weighted by Crippen LogP contribution is 2.25. The van der Waals surface area contributed by atoms with Gasteiger partial charge >= 0.3 is 5.97 Å². The van der Waals surface area contributed by atoms with Crippen LogP contribution in [0.4, 0.5) is 0 Å². The maximum Gasteiger partial charge on any atom is 0.308 e. The molecule has 0 fully saturated rings. The number of rotatable bonds is 7. The molecular formula is C14H28N2O3. The van der Waals surface area contributed by atoms with Crippen molar-refractivity contribution in [2.45, 2.75) is 41.0 Å². The van der Waals surface area contributed by atoms with E-state index in [1.807, 2.05) is 6.92 Å². The molecule has 112 valence electrons. The summed E-state index contributed by atoms with van der Waals surface area (Å²) in [5.41, 5.74) is 5.73. The highest BCUT2D eigenvalue weighted by molar-refractivity contribution is 5.80. The Morgan fingerprint density at radius 2 is 1.84 bits per heavy atom. The molecule has 0 saturated heterocycles. The number of carboxylic acids is 1. The van der Waals surface area contributed by atoms with Gasteiger partial charge in [-0.3, -0.25) is 9.59 Å². The van der Waals surface area contributed by atoms with E-state index in [-0.39, 0.29) is 23.8 Å². The molecule has 0 rings (SSSR count). The molecule has 0 radical (unpaired) electrons. The van der Waals surface area contributed by atoms with Gasteiger partial charge in [0.05, 0.1) is 11.8 Å². The first kappa shape index (κ1) is 17.9. The van der Waals surface area contributed by atoms with E-state index in [1.165, 1.54) is 0 Å². The van der Waals surface area contributed by atoms with Crippen molar-refractivity contribution in [2.24, 2.45) is 23.0 Å². The van der Waals surface area contributed by atoms with Gasteiger partial charge in [0.15, 0.2) is 0 Å². The van der Waals surface area contributed by atoms with Gasteiger partial charge in [0, 0.05) is 19.6 Å². The topological polar surface area (TPSA) is 83.6 Å². The van der Waals surface area contributed by atoms with Crippen LogP contribution in [0, 0.1) is 17.3 Å². The van der Waals surface area contributed by atoms with Crippen LogP contribution in [0.1, 0.15) is 41.0 Å². The van der Waals surface area contributed by atoms with E-state index < -0.39 is 11.9 Å². The molecule has 1 amide bonds. The van der Waals surface area contributed by atoms with Gasteiger partial charge in [-0.1, -0.05) is 27.7 Å². The Labute approximate surface area is 116 Å². The quantitative estimate of drug-likeness (QED) is 0.737. The number of carbonyl (C=O) groups excluding carboxylic acids is 1. The van der Waals surface area contributed by atoms with Crippen LogP contribution in [-0.2, 0) is 9.59 Å². The van der Waals surface area contributed by atoms with Gasteiger partial charge in [-0.2, -0.15) is 0 Å². The van der Waals surface area contributed by atoms with Gasteiger partial charge < -0.3 is 15.7 Å². The molecule has 0 bridgehead atoms. The van der Waals surface area contributed by atoms with Crippen molar-refractivity contribution in [2.75, 3.05) is 19.6 Å². The summed E-state index contributed by atoms with van der Waals surface area (Å²) in [5, 5.41) is 8.93. The number of carbonyl (C=O) groups is 2. The lowest BCUT2D eigenvalue weighted by Gasteiger charge is -2.30. The summed E-state index contributed by atoms with van der Waals surface area (Å²) >= 11 is 0. The molecule has 0 heterocycles. The average molecular weight is 272 g/mol. The Morgan fingerprint density at radius 1 is 1.32 bits per heavy atom. The van der Waals surface area contributed by atoms with Crippen molar-refractivity contribution in [1.82, 2.24) is 4.90 Å². The first-order chi connectivity index (χ1) is 8.62. The van der Waals surface area contributed by atoms with Crippen molar-refractivity contribution in [3.8, 4) is 0 Å². The predicted molar refractivity (Wildman–Crippen MR) is 75.7 cm³/mol. The SMILES string of the molecule is CCN(CC(C)C(=O)O)C(=O)C(CN)CC(C)(C)C. The van der Waals surface area contributed by atoms with Crippen LogP contribution in [0.15, 0.2) is 0 Å². The zero-order valence-electron chi connectivity index (χ0n) is 12.8. The van der Waals surface area contributed by atoms with Gasteiger partial charge in [-0.25, -0.2) is 0 Å². The summed E-state index contributed by atoms with van der Waals surface area (Å²) in [7, 11) is 0. The van der Waals surface area contributed by atoms with Crippen LogP contribution in [0.5, 0.6) is 0 Å². The number of hydrogen-bond acceptors (Lipinski definition) is 3. The lowest BCUT2D eigenvalue weighted by molar-refractivity contribution is -0.144. The van der Waals surface area contributed by atoms with E-state index in [1.54, 1.807) is 11.8 Å². The molecule has 0 aromatic rings. The number of nitrogens with two attached hydrogens (primary N) is 1. The minimum absolute atomic E-state index is 0.0253. The molecule has 2 unspecified atom stereocenters. The third-order valence-corrected chi connectivity index (χ3v) is 3.10. The highest BCUT2D eigenvalue weighted by Gasteiger charge is 2.28. The number of nitrogens with zero attached hydrogens (tertiary/aromatic N) is 1. The zero-order chi connectivity index (χ0) is 15.2. The summed E-state index contributed by atoms with van der Waals surface area (Å²) < 4.78 is 0. The fraction of sp³-hybridized carbons (Fsp3) is 0.857. The second-order valence-electron chi connectivity index (χ2n) is 6.31. The van der Waals surface area contributed by atoms with Crippen molar-refractivity contribution < 1.29 is 14.7 Å². The fourth-order valence-electron chi connectivity index (χ4n) is 2.05. The van der Waals surface area contributed by atoms with Crippen LogP contribution in [-0.4, -0.2) is 41.5 Å². The monoisotopic (exact) mass is 272 g/mol. The Hall–Kier alpha value is -1.10. The standard InChI is InChI=1S/C14H28N2O3/c1-6-16(9-10(2)13(18)19)12(17)11(8-15)7-14(3,4)5/h10-11H,6-9,15H2,1-5H3,(H,18,19). The highest BCUT2D eigenvalue weighted by atomic mass is 16.4. The summed E-state index contributed by atoms with van der Waals surface area (Å²) in [5.74, 6) is -1.71. The van der Waals surface area contributed by atoms with Crippen LogP contribution in [0.3, 0.4) is 0 Å². The third kappa shape index (κ3) is 6.57. The van der Waals surface area contributed by atoms with E-state index in [9.17, 15) is 9.59 Å². The fourth-order valence-corrected chi connectivity index (χ4v) is 2.05. The predicted octanol–water partition coefficient (Wildman–Crippen LogP) is 1.57. The van der Waals surface area contributed by atoms with Crippen molar-refractivity contribution >= 4 is 11.9 Å². The van der Waals surface area contributed by atoms with Crippen LogP contribution < -0.4 is 5.73 Å². The van der Waals surface area contributed by atoms with E-state index in [4.69, 9.17) is 10.8 Å². The summed E-state index contributed by atoms with van der Waals surface area (Å²) in [6, 6.07) is 0. The Morgan fingerprint density at radius 3 is 2.16 bits per heavy atom. The first-order valence-electron chi connectivity index (χ1n) is 6.84. The van der Waals surface area contributed by atoms with Crippen LogP contribution in [0.25, 0.3) is 0 Å². The number of carboxylic acid groups (broad SMARTS) is 1. The lowest BCUT2D eigenvalue weighted by Crippen LogP contribution is -2.43. The zero-order valence-corrected chi connectivity index (χ0v) is 12.8. The van der Waals surface area contributed by atoms with Crippen molar-refractivity contribution in [3.63, 3.8) is 0 Å². The molecule has 0 spiro atoms. The molecule has 0 saturated carbocycles. The third-order valence-electron chi connectivity index (χ3n) is 3.10. The van der Waals surface area contributed by atoms with Gasteiger partial charge in [-0.05, 0) is 18.8 Å². The molecule has 2 atom stereocenters. The molecule has 5 nitrogen and oxygen atoms in total. The maximum absolute atomic E-state index is 12.4. The normalized spacial score (nSPS) is 14.8. The summed E-state index contributed by atoms with van der Waals surface area (Å²) in [4.78, 5) is 24.9. The molecule has 0 aliphatic heterocycles. The van der Waals surface area contributed by atoms with Crippen LogP contribution >= 0.6 is 0 Å². The molecule has 0 aromatic heterocycles. The summed E-state index contributed by atoms with van der Waals surface area (Å²) in [6.45, 7) is 10.7. The number of hydrogen-bond donors (Lipinski definition) is 2. The summed E-state index contributed by atoms with van der Waals surface area (Å²) in [6.07, 6.45) is 0.709. The van der Waals surface area contributed by atoms with Gasteiger partial charge in [0.25, 0.3) is 0 Å². The van der Waals surface area contributed by atoms with Gasteiger partial charge in [0.1, 0.15) is 0 Å². The Kier molecular flexibility index (Phi) is 7.05. The second kappa shape index (κ2) is 7.48. The van der Waals surface area contributed by atoms with E-state index in [0.29, 0.717) is 19.5 Å². The average Bonchev–Trinajstić information content (AvgIpc) is 2.30. The number of aliphatic carboxylic acids is 1. The maximum atomic E-state index is 12.4. The van der Waals surface area contributed by atoms with Crippen molar-refractivity contribution in [1.29, 1.82) is 0 Å². The molecule has 5 heteroatoms. The molecular weight excluding hydrogens is 244 g/mol. The lowest BCUT2D eigenvalue weighted by atomic mass is 9.84. The van der Waals surface area contributed by atoms with E-state index in [2.05, 4.69) is 20.8 Å². The molecule has 3 N–H and O–H groups in total. The molecule has 0 aliphatic rings. The Balaban J connectivity index is 4.75. The molecule has 0 aliphatic carbocycles. The minimum atomic E-state index is -0.883. The van der Waals surface area contributed by atoms with E-state index in [0.717, 1.165) is 0 Å². The van der Waals surface area contributed by atoms with Crippen LogP contribution in [0.2, 0.25) is 0 Å². The number of amides is 1. The smallest absolute Gasteiger partial charge is 0.308 e. The molecule has 19 heavy (non-hydrogen) atoms. The molecule has 0 aromatic carbocycles. The second-order valence-corrected chi connectivity index (χ2v) is 6.31. The van der Waals surface area contributed by atoms with E-state index >= 15 is 0 Å². The largest absolute Gasteiger partial charge is 0.481 e. The van der Waals surface area contributed by atoms with Crippen molar-refractivity contribution in [3.05, 3.63) is 0 Å². The minimum Gasteiger partial charge on any atom is -0.481 e. The first-order valence-corrected chi connectivity index (χ1v) is 6.84. The van der Waals surface area contributed by atoms with Gasteiger partial charge in [-0.15, -0.1) is 0 Å². The van der Waals surface area contributed by atoms with Gasteiger partial charge in [0.2, 0.25) is 5.91 Å².